The van der Waals surface area contributed by atoms with Crippen LogP contribution >= 0.6 is 34.8 Å². The van der Waals surface area contributed by atoms with Crippen molar-refractivity contribution in [2.24, 2.45) is 0 Å². The van der Waals surface area contributed by atoms with E-state index in [-0.39, 0.29) is 5.56 Å². The number of hydrogen-bond acceptors (Lipinski definition) is 4. The lowest BCUT2D eigenvalue weighted by Crippen LogP contribution is -2.22. The highest BCUT2D eigenvalue weighted by molar-refractivity contribution is 6.76. The van der Waals surface area contributed by atoms with E-state index < -0.39 is 21.8 Å². The van der Waals surface area contributed by atoms with E-state index in [2.05, 4.69) is 0 Å². The molecule has 0 aliphatic heterocycles. The summed E-state index contributed by atoms with van der Waals surface area (Å²) in [6.45, 7) is 0. The fourth-order valence-electron chi connectivity index (χ4n) is 1.36. The van der Waals surface area contributed by atoms with Crippen LogP contribution in [0.25, 0.3) is 0 Å². The highest BCUT2D eigenvalue weighted by atomic mass is 35.6. The summed E-state index contributed by atoms with van der Waals surface area (Å²) in [7, 11) is 2.92. The molecule has 0 spiro atoms. The van der Waals surface area contributed by atoms with Gasteiger partial charge in [-0.3, -0.25) is 9.59 Å². The molecule has 19 heavy (non-hydrogen) atoms. The number of Topliss-reactive ketones (excluding diaryl/α,β-unsaturated/α-hetero) is 2. The van der Waals surface area contributed by atoms with Gasteiger partial charge in [0.2, 0.25) is 3.79 Å². The number of hydrogen-bond donors (Lipinski definition) is 0. The Morgan fingerprint density at radius 1 is 1.11 bits per heavy atom. The van der Waals surface area contributed by atoms with Gasteiger partial charge >= 0.3 is 0 Å². The molecule has 0 bridgehead atoms. The van der Waals surface area contributed by atoms with E-state index in [0.29, 0.717) is 11.5 Å². The largest absolute Gasteiger partial charge is 0.493 e. The number of carbonyl (C=O) groups excluding carboxylic acids is 2. The molecule has 7 heteroatoms. The van der Waals surface area contributed by atoms with Crippen molar-refractivity contribution in [3.8, 4) is 11.5 Å². The predicted octanol–water partition coefficient (Wildman–Crippen LogP) is 3.22. The van der Waals surface area contributed by atoms with E-state index in [0.717, 1.165) is 0 Å². The second kappa shape index (κ2) is 6.46. The average Bonchev–Trinajstić information content (AvgIpc) is 2.36. The standard InChI is InChI=1S/C12H11Cl3O4/c1-18-9-4-3-7(5-10(9)19-2)8(16)6-11(17)12(13,14)15/h3-5H,6H2,1-2H3. The highest BCUT2D eigenvalue weighted by Gasteiger charge is 2.32. The van der Waals surface area contributed by atoms with Gasteiger partial charge in [0, 0.05) is 5.56 Å². The maximum absolute atomic E-state index is 11.9. The quantitative estimate of drug-likeness (QED) is 0.474. The molecule has 104 valence electrons. The fraction of sp³-hybridized carbons (Fsp3) is 0.333. The molecule has 0 atom stereocenters. The molecule has 0 amide bonds. The number of rotatable bonds is 5. The minimum Gasteiger partial charge on any atom is -0.493 e. The monoisotopic (exact) mass is 324 g/mol. The van der Waals surface area contributed by atoms with Crippen LogP contribution in [0, 0.1) is 0 Å². The van der Waals surface area contributed by atoms with Crippen molar-refractivity contribution >= 4 is 46.4 Å². The molecule has 0 saturated carbocycles. The van der Waals surface area contributed by atoms with Crippen LogP contribution in [-0.2, 0) is 4.79 Å². The van der Waals surface area contributed by atoms with Crippen LogP contribution in [0.1, 0.15) is 16.8 Å². The van der Waals surface area contributed by atoms with Gasteiger partial charge in [-0.25, -0.2) is 0 Å². The zero-order valence-corrected chi connectivity index (χ0v) is 12.5. The Kier molecular flexibility index (Phi) is 5.47. The molecule has 1 rings (SSSR count). The maximum atomic E-state index is 11.9. The summed E-state index contributed by atoms with van der Waals surface area (Å²) in [6.07, 6.45) is -0.494. The van der Waals surface area contributed by atoms with E-state index in [1.807, 2.05) is 0 Å². The van der Waals surface area contributed by atoms with Crippen molar-refractivity contribution in [2.75, 3.05) is 14.2 Å². The molecule has 0 saturated heterocycles. The molecule has 1 aromatic rings. The zero-order chi connectivity index (χ0) is 14.6. The minimum absolute atomic E-state index is 0.278. The summed E-state index contributed by atoms with van der Waals surface area (Å²) in [6, 6.07) is 4.54. The van der Waals surface area contributed by atoms with Crippen molar-refractivity contribution in [3.05, 3.63) is 23.8 Å². The Hall–Kier alpha value is -0.970. The number of benzene rings is 1. The van der Waals surface area contributed by atoms with Gasteiger partial charge in [0.1, 0.15) is 0 Å². The van der Waals surface area contributed by atoms with Crippen molar-refractivity contribution in [1.82, 2.24) is 0 Å². The van der Waals surface area contributed by atoms with Crippen molar-refractivity contribution < 1.29 is 19.1 Å². The van der Waals surface area contributed by atoms with Crippen LogP contribution in [0.4, 0.5) is 0 Å². The van der Waals surface area contributed by atoms with Gasteiger partial charge < -0.3 is 9.47 Å². The first-order valence-corrected chi connectivity index (χ1v) is 6.28. The van der Waals surface area contributed by atoms with Crippen molar-refractivity contribution in [3.63, 3.8) is 0 Å². The normalized spacial score (nSPS) is 11.0. The maximum Gasteiger partial charge on any atom is 0.249 e. The third-order valence-corrected chi connectivity index (χ3v) is 2.98. The Morgan fingerprint density at radius 3 is 2.16 bits per heavy atom. The lowest BCUT2D eigenvalue weighted by Gasteiger charge is -2.10. The van der Waals surface area contributed by atoms with Gasteiger partial charge in [-0.05, 0) is 18.2 Å². The van der Waals surface area contributed by atoms with E-state index >= 15 is 0 Å². The van der Waals surface area contributed by atoms with Crippen LogP contribution < -0.4 is 9.47 Å². The van der Waals surface area contributed by atoms with Crippen LogP contribution in [-0.4, -0.2) is 29.6 Å². The third-order valence-electron chi connectivity index (χ3n) is 2.34. The van der Waals surface area contributed by atoms with Crippen molar-refractivity contribution in [1.29, 1.82) is 0 Å². The van der Waals surface area contributed by atoms with E-state index in [4.69, 9.17) is 44.3 Å². The zero-order valence-electron chi connectivity index (χ0n) is 10.2. The molecule has 0 aliphatic carbocycles. The summed E-state index contributed by atoms with van der Waals surface area (Å²) in [5.41, 5.74) is 0.278. The van der Waals surface area contributed by atoms with Gasteiger partial charge in [-0.1, -0.05) is 34.8 Å². The highest BCUT2D eigenvalue weighted by Crippen LogP contribution is 2.31. The molecule has 4 nitrogen and oxygen atoms in total. The minimum atomic E-state index is -2.09. The summed E-state index contributed by atoms with van der Waals surface area (Å²) >= 11 is 16.2. The number of ketones is 2. The molecule has 1 aromatic carbocycles. The lowest BCUT2D eigenvalue weighted by molar-refractivity contribution is -0.117. The van der Waals surface area contributed by atoms with Crippen LogP contribution in [0.2, 0.25) is 0 Å². The number of halogens is 3. The van der Waals surface area contributed by atoms with Gasteiger partial charge in [0.15, 0.2) is 23.1 Å². The average molecular weight is 326 g/mol. The van der Waals surface area contributed by atoms with Gasteiger partial charge in [0.25, 0.3) is 0 Å². The first-order chi connectivity index (χ1) is 8.79. The Balaban J connectivity index is 2.92. The Bertz CT molecular complexity index is 494. The first-order valence-electron chi connectivity index (χ1n) is 5.15. The summed E-state index contributed by atoms with van der Waals surface area (Å²) < 4.78 is 8.01. The Labute approximate surface area is 125 Å². The molecular formula is C12H11Cl3O4. The molecule has 0 aromatic heterocycles. The number of ether oxygens (including phenoxy) is 2. The topological polar surface area (TPSA) is 52.6 Å². The SMILES string of the molecule is COc1ccc(C(=O)CC(=O)C(Cl)(Cl)Cl)cc1OC. The van der Waals surface area contributed by atoms with E-state index in [1.54, 1.807) is 6.07 Å². The molecule has 0 unspecified atom stereocenters. The fourth-order valence-corrected chi connectivity index (χ4v) is 1.56. The molecule has 0 fully saturated rings. The van der Waals surface area contributed by atoms with Gasteiger partial charge in [-0.15, -0.1) is 0 Å². The van der Waals surface area contributed by atoms with Crippen LogP contribution in [0.5, 0.6) is 11.5 Å². The molecule has 0 radical (unpaired) electrons. The van der Waals surface area contributed by atoms with Crippen LogP contribution in [0.15, 0.2) is 18.2 Å². The predicted molar refractivity (Wildman–Crippen MR) is 73.8 cm³/mol. The van der Waals surface area contributed by atoms with Crippen LogP contribution in [0.3, 0.4) is 0 Å². The molecular weight excluding hydrogens is 314 g/mol. The summed E-state index contributed by atoms with van der Waals surface area (Å²) in [5, 5.41) is 0. The summed E-state index contributed by atoms with van der Waals surface area (Å²) in [5.74, 6) is -0.379. The first kappa shape index (κ1) is 16.1. The van der Waals surface area contributed by atoms with Gasteiger partial charge in [-0.2, -0.15) is 0 Å². The molecule has 0 aliphatic rings. The lowest BCUT2D eigenvalue weighted by atomic mass is 10.1. The second-order valence-electron chi connectivity index (χ2n) is 3.59. The number of methoxy groups -OCH3 is 2. The molecule has 0 heterocycles. The Morgan fingerprint density at radius 2 is 1.68 bits per heavy atom. The van der Waals surface area contributed by atoms with Crippen molar-refractivity contribution in [2.45, 2.75) is 10.2 Å². The number of alkyl halides is 3. The summed E-state index contributed by atoms with van der Waals surface area (Å²) in [4.78, 5) is 23.3. The molecule has 0 N–H and O–H groups in total. The van der Waals surface area contributed by atoms with E-state index in [1.165, 1.54) is 26.4 Å². The van der Waals surface area contributed by atoms with E-state index in [9.17, 15) is 9.59 Å². The van der Waals surface area contributed by atoms with Gasteiger partial charge in [0.05, 0.1) is 20.6 Å². The number of carbonyl (C=O) groups is 2. The second-order valence-corrected chi connectivity index (χ2v) is 5.87. The smallest absolute Gasteiger partial charge is 0.249 e. The third kappa shape index (κ3) is 4.27.